The monoisotopic (exact) mass is 326 g/mol. The van der Waals surface area contributed by atoms with Gasteiger partial charge in [0.2, 0.25) is 0 Å². The number of aryl methyl sites for hydroxylation is 1. The number of halogens is 3. The molecule has 3 aromatic rings. The number of alkyl halides is 3. The zero-order chi connectivity index (χ0) is 17.4. The van der Waals surface area contributed by atoms with Crippen molar-refractivity contribution in [3.63, 3.8) is 0 Å². The number of aromatic carboxylic acids is 1. The molecule has 0 spiro atoms. The fourth-order valence-corrected chi connectivity index (χ4v) is 2.26. The third-order valence-corrected chi connectivity index (χ3v) is 3.24. The van der Waals surface area contributed by atoms with Crippen LogP contribution in [-0.4, -0.2) is 31.1 Å². The van der Waals surface area contributed by atoms with E-state index in [2.05, 4.69) is 15.5 Å². The van der Waals surface area contributed by atoms with Gasteiger partial charge in [-0.3, -0.25) is 0 Å². The van der Waals surface area contributed by atoms with Crippen molar-refractivity contribution >= 4 is 22.5 Å². The minimum atomic E-state index is -4.51. The standard InChI is InChI=1S/C12H7F3N4O2.C2H6/c1-5-7-3-2-6(12(13,14)15)4-8(7)19-10(16-17-18-19)9(5)11(20)21;1-2/h2-4H,1H3,(H,20,21);1-2H3. The molecule has 1 N–H and O–H groups in total. The summed E-state index contributed by atoms with van der Waals surface area (Å²) in [5, 5.41) is 20.1. The van der Waals surface area contributed by atoms with Crippen LogP contribution < -0.4 is 0 Å². The molecular formula is C14H13F3N4O2. The number of carboxylic acid groups (broad SMARTS) is 1. The van der Waals surface area contributed by atoms with Gasteiger partial charge >= 0.3 is 12.1 Å². The summed E-state index contributed by atoms with van der Waals surface area (Å²) in [5.74, 6) is -1.24. The Balaban J connectivity index is 0.000000924. The average molecular weight is 326 g/mol. The van der Waals surface area contributed by atoms with E-state index in [1.54, 1.807) is 0 Å². The number of carbonyl (C=O) groups is 1. The van der Waals surface area contributed by atoms with Crippen molar-refractivity contribution in [3.8, 4) is 0 Å². The summed E-state index contributed by atoms with van der Waals surface area (Å²) in [6.07, 6.45) is -4.51. The predicted molar refractivity (Wildman–Crippen MR) is 76.3 cm³/mol. The van der Waals surface area contributed by atoms with E-state index >= 15 is 0 Å². The number of carboxylic acids is 1. The van der Waals surface area contributed by atoms with Gasteiger partial charge in [0, 0.05) is 5.39 Å². The number of rotatable bonds is 1. The molecule has 2 aromatic heterocycles. The molecule has 6 nitrogen and oxygen atoms in total. The Morgan fingerprint density at radius 3 is 2.48 bits per heavy atom. The highest BCUT2D eigenvalue weighted by Crippen LogP contribution is 2.33. The lowest BCUT2D eigenvalue weighted by Crippen LogP contribution is -2.09. The first-order valence-corrected chi connectivity index (χ1v) is 6.75. The van der Waals surface area contributed by atoms with Crippen LogP contribution in [0.4, 0.5) is 13.2 Å². The van der Waals surface area contributed by atoms with Crippen LogP contribution in [0, 0.1) is 6.92 Å². The lowest BCUT2D eigenvalue weighted by molar-refractivity contribution is -0.137. The molecule has 1 aromatic carbocycles. The molecule has 0 aliphatic rings. The van der Waals surface area contributed by atoms with Crippen LogP contribution >= 0.6 is 0 Å². The molecule has 0 saturated carbocycles. The van der Waals surface area contributed by atoms with Crippen molar-refractivity contribution in [1.82, 2.24) is 20.0 Å². The van der Waals surface area contributed by atoms with Gasteiger partial charge < -0.3 is 5.11 Å². The molecule has 122 valence electrons. The molecule has 0 bridgehead atoms. The molecule has 0 aliphatic carbocycles. The van der Waals surface area contributed by atoms with Crippen LogP contribution in [0.1, 0.15) is 35.3 Å². The maximum Gasteiger partial charge on any atom is 0.416 e. The number of tetrazole rings is 1. The van der Waals surface area contributed by atoms with Crippen molar-refractivity contribution in [2.24, 2.45) is 0 Å². The number of pyridine rings is 1. The number of benzene rings is 1. The molecule has 0 amide bonds. The summed E-state index contributed by atoms with van der Waals surface area (Å²) >= 11 is 0. The normalized spacial score (nSPS) is 11.4. The van der Waals surface area contributed by atoms with Crippen molar-refractivity contribution < 1.29 is 23.1 Å². The summed E-state index contributed by atoms with van der Waals surface area (Å²) < 4.78 is 39.4. The van der Waals surface area contributed by atoms with Crippen molar-refractivity contribution in [1.29, 1.82) is 0 Å². The quantitative estimate of drug-likeness (QED) is 0.742. The van der Waals surface area contributed by atoms with E-state index < -0.39 is 17.7 Å². The summed E-state index contributed by atoms with van der Waals surface area (Å²) in [7, 11) is 0. The van der Waals surface area contributed by atoms with Crippen molar-refractivity contribution in [3.05, 3.63) is 34.9 Å². The van der Waals surface area contributed by atoms with E-state index in [9.17, 15) is 23.1 Å². The Bertz CT molecular complexity index is 887. The maximum absolute atomic E-state index is 12.8. The number of fused-ring (bicyclic) bond motifs is 3. The van der Waals surface area contributed by atoms with E-state index in [1.807, 2.05) is 13.8 Å². The SMILES string of the molecule is CC.Cc1c(C(=O)O)c2nnnn2c2cc(C(F)(F)F)ccc12. The lowest BCUT2D eigenvalue weighted by atomic mass is 10.0. The Morgan fingerprint density at radius 1 is 1.26 bits per heavy atom. The molecule has 0 radical (unpaired) electrons. The van der Waals surface area contributed by atoms with E-state index in [0.29, 0.717) is 10.9 Å². The fraction of sp³-hybridized carbons (Fsp3) is 0.286. The third kappa shape index (κ3) is 2.69. The van der Waals surface area contributed by atoms with Crippen LogP contribution in [0.2, 0.25) is 0 Å². The highest BCUT2D eigenvalue weighted by atomic mass is 19.4. The first-order chi connectivity index (χ1) is 10.8. The second-order valence-electron chi connectivity index (χ2n) is 4.45. The van der Waals surface area contributed by atoms with Crippen LogP contribution in [0.3, 0.4) is 0 Å². The van der Waals surface area contributed by atoms with Gasteiger partial charge in [0.05, 0.1) is 11.1 Å². The summed E-state index contributed by atoms with van der Waals surface area (Å²) in [5.41, 5.74) is -0.658. The Morgan fingerprint density at radius 2 is 1.91 bits per heavy atom. The van der Waals surface area contributed by atoms with Crippen LogP contribution in [0.25, 0.3) is 16.6 Å². The molecule has 23 heavy (non-hydrogen) atoms. The summed E-state index contributed by atoms with van der Waals surface area (Å²) in [6, 6.07) is 3.02. The van der Waals surface area contributed by atoms with Gasteiger partial charge in [-0.1, -0.05) is 19.9 Å². The molecule has 9 heteroatoms. The molecule has 0 unspecified atom stereocenters. The zero-order valence-electron chi connectivity index (χ0n) is 12.5. The minimum absolute atomic E-state index is 0.0909. The third-order valence-electron chi connectivity index (χ3n) is 3.24. The number of aromatic nitrogens is 4. The minimum Gasteiger partial charge on any atom is -0.478 e. The molecule has 2 heterocycles. The largest absolute Gasteiger partial charge is 0.478 e. The van der Waals surface area contributed by atoms with Gasteiger partial charge in [0.25, 0.3) is 0 Å². The predicted octanol–water partition coefficient (Wildman–Crippen LogP) is 3.33. The molecule has 0 aliphatic heterocycles. The van der Waals surface area contributed by atoms with E-state index in [0.717, 1.165) is 16.6 Å². The van der Waals surface area contributed by atoms with Crippen molar-refractivity contribution in [2.45, 2.75) is 26.9 Å². The number of hydrogen-bond donors (Lipinski definition) is 1. The molecule has 0 fully saturated rings. The number of nitrogens with zero attached hydrogens (tertiary/aromatic N) is 4. The van der Waals surface area contributed by atoms with Crippen LogP contribution in [0.15, 0.2) is 18.2 Å². The first-order valence-electron chi connectivity index (χ1n) is 6.75. The fourth-order valence-electron chi connectivity index (χ4n) is 2.26. The summed E-state index contributed by atoms with van der Waals surface area (Å²) in [6.45, 7) is 5.51. The lowest BCUT2D eigenvalue weighted by Gasteiger charge is -2.11. The summed E-state index contributed by atoms with van der Waals surface area (Å²) in [4.78, 5) is 11.3. The Hall–Kier alpha value is -2.71. The highest BCUT2D eigenvalue weighted by molar-refractivity contribution is 6.02. The Labute approximate surface area is 128 Å². The first kappa shape index (κ1) is 16.7. The molecule has 0 saturated heterocycles. The van der Waals surface area contributed by atoms with Gasteiger partial charge in [-0.2, -0.15) is 17.7 Å². The average Bonchev–Trinajstić information content (AvgIpc) is 2.97. The van der Waals surface area contributed by atoms with Gasteiger partial charge in [0.1, 0.15) is 5.56 Å². The molecule has 3 rings (SSSR count). The zero-order valence-corrected chi connectivity index (χ0v) is 12.5. The van der Waals surface area contributed by atoms with Gasteiger partial charge in [-0.15, -0.1) is 5.10 Å². The molecular weight excluding hydrogens is 313 g/mol. The smallest absolute Gasteiger partial charge is 0.416 e. The molecule has 0 atom stereocenters. The van der Waals surface area contributed by atoms with Gasteiger partial charge in [0.15, 0.2) is 5.65 Å². The Kier molecular flexibility index (Phi) is 4.22. The second kappa shape index (κ2) is 5.82. The topological polar surface area (TPSA) is 80.4 Å². The van der Waals surface area contributed by atoms with Gasteiger partial charge in [-0.05, 0) is 35.0 Å². The highest BCUT2D eigenvalue weighted by Gasteiger charge is 2.31. The van der Waals surface area contributed by atoms with E-state index in [4.69, 9.17) is 0 Å². The van der Waals surface area contributed by atoms with Crippen molar-refractivity contribution in [2.75, 3.05) is 0 Å². The van der Waals surface area contributed by atoms with Crippen LogP contribution in [0.5, 0.6) is 0 Å². The van der Waals surface area contributed by atoms with E-state index in [-0.39, 0.29) is 16.7 Å². The number of hydrogen-bond acceptors (Lipinski definition) is 4. The van der Waals surface area contributed by atoms with Crippen LogP contribution in [-0.2, 0) is 6.18 Å². The van der Waals surface area contributed by atoms with Gasteiger partial charge in [-0.25, -0.2) is 4.79 Å². The van der Waals surface area contributed by atoms with E-state index in [1.165, 1.54) is 13.0 Å². The second-order valence-corrected chi connectivity index (χ2v) is 4.45. The maximum atomic E-state index is 12.8.